The number of carboxylic acid groups (broad SMARTS) is 1. The second-order valence-electron chi connectivity index (χ2n) is 3.45. The molecule has 1 unspecified atom stereocenters. The Kier molecular flexibility index (Phi) is 5.45. The van der Waals surface area contributed by atoms with Crippen LogP contribution in [0, 0.1) is 0 Å². The van der Waals surface area contributed by atoms with Crippen LogP contribution in [0.4, 0.5) is 0 Å². The van der Waals surface area contributed by atoms with E-state index in [4.69, 9.17) is 5.11 Å². The smallest absolute Gasteiger partial charge is 0.322 e. The molecule has 0 saturated heterocycles. The lowest BCUT2D eigenvalue weighted by molar-refractivity contribution is -0.139. The van der Waals surface area contributed by atoms with Crippen LogP contribution in [0.1, 0.15) is 5.69 Å². The molecule has 5 heteroatoms. The molecule has 88 valence electrons. The highest BCUT2D eigenvalue weighted by Gasteiger charge is 2.13. The largest absolute Gasteiger partial charge is 0.480 e. The van der Waals surface area contributed by atoms with E-state index in [1.165, 1.54) is 0 Å². The zero-order chi connectivity index (χ0) is 11.8. The molecule has 0 radical (unpaired) electrons. The molecule has 0 aromatic carbocycles. The quantitative estimate of drug-likeness (QED) is 0.562. The van der Waals surface area contributed by atoms with Gasteiger partial charge in [-0.25, -0.2) is 0 Å². The zero-order valence-electron chi connectivity index (χ0n) is 9.31. The fourth-order valence-electron chi connectivity index (χ4n) is 1.32. The summed E-state index contributed by atoms with van der Waals surface area (Å²) in [6, 6.07) is 5.23. The van der Waals surface area contributed by atoms with E-state index in [1.807, 2.05) is 18.2 Å². The normalized spacial score (nSPS) is 12.3. The number of nitrogens with one attached hydrogen (secondary N) is 2. The van der Waals surface area contributed by atoms with Crippen molar-refractivity contribution in [1.29, 1.82) is 0 Å². The fraction of sp³-hybridized carbons (Fsp3) is 0.455. The van der Waals surface area contributed by atoms with E-state index in [9.17, 15) is 4.79 Å². The summed E-state index contributed by atoms with van der Waals surface area (Å²) >= 11 is 0. The van der Waals surface area contributed by atoms with Crippen molar-refractivity contribution in [2.75, 3.05) is 20.1 Å². The van der Waals surface area contributed by atoms with Gasteiger partial charge in [0.1, 0.15) is 6.04 Å². The van der Waals surface area contributed by atoms with Crippen molar-refractivity contribution >= 4 is 5.97 Å². The molecule has 3 N–H and O–H groups in total. The average Bonchev–Trinajstić information content (AvgIpc) is 2.30. The highest BCUT2D eigenvalue weighted by molar-refractivity contribution is 5.73. The zero-order valence-corrected chi connectivity index (χ0v) is 9.31. The summed E-state index contributed by atoms with van der Waals surface area (Å²) in [4.78, 5) is 14.9. The van der Waals surface area contributed by atoms with Gasteiger partial charge in [-0.3, -0.25) is 9.78 Å². The number of carboxylic acids is 1. The van der Waals surface area contributed by atoms with Crippen LogP contribution >= 0.6 is 0 Å². The molecule has 0 saturated carbocycles. The second-order valence-corrected chi connectivity index (χ2v) is 3.45. The Bertz CT molecular complexity index is 316. The molecule has 0 spiro atoms. The van der Waals surface area contributed by atoms with Crippen molar-refractivity contribution in [1.82, 2.24) is 15.6 Å². The molecule has 1 heterocycles. The van der Waals surface area contributed by atoms with Gasteiger partial charge in [0.05, 0.1) is 0 Å². The van der Waals surface area contributed by atoms with Gasteiger partial charge in [0.25, 0.3) is 0 Å². The minimum Gasteiger partial charge on any atom is -0.480 e. The van der Waals surface area contributed by atoms with Gasteiger partial charge in [0.2, 0.25) is 0 Å². The van der Waals surface area contributed by atoms with Crippen LogP contribution in [0.5, 0.6) is 0 Å². The molecule has 0 amide bonds. The summed E-state index contributed by atoms with van der Waals surface area (Å²) in [6.45, 7) is 1.14. The van der Waals surface area contributed by atoms with Crippen LogP contribution in [-0.2, 0) is 11.2 Å². The van der Waals surface area contributed by atoms with Gasteiger partial charge < -0.3 is 15.7 Å². The number of pyridine rings is 1. The van der Waals surface area contributed by atoms with Crippen LogP contribution in [-0.4, -0.2) is 42.2 Å². The third-order valence-electron chi connectivity index (χ3n) is 2.28. The molecule has 0 aliphatic heterocycles. The van der Waals surface area contributed by atoms with Crippen molar-refractivity contribution in [2.24, 2.45) is 0 Å². The van der Waals surface area contributed by atoms with E-state index in [0.29, 0.717) is 6.54 Å². The monoisotopic (exact) mass is 223 g/mol. The topological polar surface area (TPSA) is 74.2 Å². The van der Waals surface area contributed by atoms with Gasteiger partial charge in [-0.05, 0) is 19.2 Å². The van der Waals surface area contributed by atoms with Gasteiger partial charge in [0, 0.05) is 31.4 Å². The van der Waals surface area contributed by atoms with E-state index in [-0.39, 0.29) is 0 Å². The summed E-state index contributed by atoms with van der Waals surface area (Å²) in [5, 5.41) is 14.6. The minimum absolute atomic E-state index is 0.415. The van der Waals surface area contributed by atoms with Crippen molar-refractivity contribution in [3.8, 4) is 0 Å². The number of rotatable bonds is 7. The van der Waals surface area contributed by atoms with Crippen molar-refractivity contribution in [3.63, 3.8) is 0 Å². The number of likely N-dealkylation sites (N-methyl/N-ethyl adjacent to an activating group) is 1. The van der Waals surface area contributed by atoms with Crippen molar-refractivity contribution < 1.29 is 9.90 Å². The molecule has 1 rings (SSSR count). The van der Waals surface area contributed by atoms with E-state index < -0.39 is 12.0 Å². The molecule has 0 aliphatic rings. The molecule has 0 fully saturated rings. The maximum absolute atomic E-state index is 10.7. The highest BCUT2D eigenvalue weighted by atomic mass is 16.4. The van der Waals surface area contributed by atoms with Crippen molar-refractivity contribution in [3.05, 3.63) is 30.1 Å². The summed E-state index contributed by atoms with van der Waals surface area (Å²) in [7, 11) is 1.64. The van der Waals surface area contributed by atoms with Crippen LogP contribution in [0.15, 0.2) is 24.4 Å². The fourth-order valence-corrected chi connectivity index (χ4v) is 1.32. The number of hydrogen-bond donors (Lipinski definition) is 3. The third-order valence-corrected chi connectivity index (χ3v) is 2.28. The van der Waals surface area contributed by atoms with Crippen LogP contribution < -0.4 is 10.6 Å². The summed E-state index contributed by atoms with van der Waals surface area (Å²) in [6.07, 6.45) is 2.56. The maximum atomic E-state index is 10.7. The Balaban J connectivity index is 2.19. The number of hydrogen-bond acceptors (Lipinski definition) is 4. The first-order chi connectivity index (χ1) is 7.74. The lowest BCUT2D eigenvalue weighted by atomic mass is 10.2. The van der Waals surface area contributed by atoms with E-state index >= 15 is 0 Å². The van der Waals surface area contributed by atoms with E-state index in [1.54, 1.807) is 13.2 Å². The van der Waals surface area contributed by atoms with Gasteiger partial charge in [-0.15, -0.1) is 0 Å². The lowest BCUT2D eigenvalue weighted by Crippen LogP contribution is -2.43. The summed E-state index contributed by atoms with van der Waals surface area (Å²) < 4.78 is 0. The summed E-state index contributed by atoms with van der Waals surface area (Å²) in [5.74, 6) is -0.840. The molecule has 16 heavy (non-hydrogen) atoms. The third kappa shape index (κ3) is 4.37. The van der Waals surface area contributed by atoms with Crippen LogP contribution in [0.25, 0.3) is 0 Å². The minimum atomic E-state index is -0.840. The Morgan fingerprint density at radius 1 is 1.56 bits per heavy atom. The molecule has 1 atom stereocenters. The number of carbonyl (C=O) groups is 1. The van der Waals surface area contributed by atoms with Gasteiger partial charge in [-0.1, -0.05) is 6.07 Å². The number of aromatic nitrogens is 1. The molecule has 5 nitrogen and oxygen atoms in total. The van der Waals surface area contributed by atoms with Crippen molar-refractivity contribution in [2.45, 2.75) is 12.5 Å². The highest BCUT2D eigenvalue weighted by Crippen LogP contribution is 1.93. The Morgan fingerprint density at radius 2 is 2.38 bits per heavy atom. The summed E-state index contributed by atoms with van der Waals surface area (Å²) in [5.41, 5.74) is 1.01. The Morgan fingerprint density at radius 3 is 2.94 bits per heavy atom. The predicted molar refractivity (Wildman–Crippen MR) is 61.3 cm³/mol. The average molecular weight is 223 g/mol. The SMILES string of the molecule is CNC(CNCCc1ccccn1)C(=O)O. The molecule has 1 aromatic rings. The van der Waals surface area contributed by atoms with Crippen LogP contribution in [0.3, 0.4) is 0 Å². The first-order valence-corrected chi connectivity index (χ1v) is 5.24. The Labute approximate surface area is 94.9 Å². The van der Waals surface area contributed by atoms with Gasteiger partial charge >= 0.3 is 5.97 Å². The predicted octanol–water partition coefficient (Wildman–Crippen LogP) is -0.114. The number of aliphatic carboxylic acids is 1. The first kappa shape index (κ1) is 12.6. The van der Waals surface area contributed by atoms with Gasteiger partial charge in [0.15, 0.2) is 0 Å². The lowest BCUT2D eigenvalue weighted by Gasteiger charge is -2.11. The van der Waals surface area contributed by atoms with E-state index in [2.05, 4.69) is 15.6 Å². The van der Waals surface area contributed by atoms with Crippen LogP contribution in [0.2, 0.25) is 0 Å². The molecular weight excluding hydrogens is 206 g/mol. The maximum Gasteiger partial charge on any atom is 0.322 e. The van der Waals surface area contributed by atoms with E-state index in [0.717, 1.165) is 18.7 Å². The standard InChI is InChI=1S/C11H17N3O2/c1-12-10(11(15)16)8-13-7-5-9-4-2-3-6-14-9/h2-4,6,10,12-13H,5,7-8H2,1H3,(H,15,16). The first-order valence-electron chi connectivity index (χ1n) is 5.24. The number of nitrogens with zero attached hydrogens (tertiary/aromatic N) is 1. The molecule has 0 aliphatic carbocycles. The molecule has 1 aromatic heterocycles. The Hall–Kier alpha value is -1.46. The second kappa shape index (κ2) is 6.92. The molecule has 0 bridgehead atoms. The van der Waals surface area contributed by atoms with Gasteiger partial charge in [-0.2, -0.15) is 0 Å². The molecular formula is C11H17N3O2.